The van der Waals surface area contributed by atoms with Gasteiger partial charge in [-0.3, -0.25) is 4.79 Å². The van der Waals surface area contributed by atoms with Crippen LogP contribution in [0.4, 0.5) is 10.1 Å². The Bertz CT molecular complexity index is 524. The lowest BCUT2D eigenvalue weighted by atomic mass is 9.88. The average Bonchev–Trinajstić information content (AvgIpc) is 2.79. The highest BCUT2D eigenvalue weighted by atomic mass is 32.1. The summed E-state index contributed by atoms with van der Waals surface area (Å²) in [4.78, 5) is 12.2. The Morgan fingerprint density at radius 3 is 2.63 bits per heavy atom. The fourth-order valence-corrected chi connectivity index (χ4v) is 2.61. The number of carbonyl (C=O) groups is 1. The van der Waals surface area contributed by atoms with E-state index < -0.39 is 5.82 Å². The van der Waals surface area contributed by atoms with E-state index in [0.29, 0.717) is 5.69 Å². The molecule has 3 N–H and O–H groups in total. The maximum atomic E-state index is 13.5. The summed E-state index contributed by atoms with van der Waals surface area (Å²) in [5.41, 5.74) is 5.81. The van der Waals surface area contributed by atoms with Crippen LogP contribution in [0.5, 0.6) is 0 Å². The van der Waals surface area contributed by atoms with E-state index in [1.165, 1.54) is 18.2 Å². The van der Waals surface area contributed by atoms with E-state index in [1.807, 2.05) is 6.92 Å². The van der Waals surface area contributed by atoms with Crippen LogP contribution < -0.4 is 11.1 Å². The molecule has 1 amide bonds. The molecule has 0 unspecified atom stereocenters. The van der Waals surface area contributed by atoms with E-state index in [4.69, 9.17) is 18.0 Å². The molecule has 1 saturated carbocycles. The SMILES string of the molecule is CC1(C(=O)Nc2ccc(F)c(C(N)=S)c2)CCCC1. The van der Waals surface area contributed by atoms with Crippen LogP contribution in [-0.4, -0.2) is 10.9 Å². The summed E-state index contributed by atoms with van der Waals surface area (Å²) in [6, 6.07) is 4.27. The van der Waals surface area contributed by atoms with Crippen LogP contribution in [0.25, 0.3) is 0 Å². The summed E-state index contributed by atoms with van der Waals surface area (Å²) in [6.07, 6.45) is 3.93. The van der Waals surface area contributed by atoms with Crippen LogP contribution in [0.15, 0.2) is 18.2 Å². The number of anilines is 1. The first kappa shape index (κ1) is 13.9. The topological polar surface area (TPSA) is 55.1 Å². The van der Waals surface area contributed by atoms with Gasteiger partial charge in [0.1, 0.15) is 10.8 Å². The molecule has 1 aliphatic rings. The summed E-state index contributed by atoms with van der Waals surface area (Å²) in [5, 5.41) is 2.83. The van der Waals surface area contributed by atoms with Crippen LogP contribution in [0.3, 0.4) is 0 Å². The molecule has 0 aromatic heterocycles. The molecule has 1 fully saturated rings. The number of hydrogen-bond acceptors (Lipinski definition) is 2. The summed E-state index contributed by atoms with van der Waals surface area (Å²) in [6.45, 7) is 1.97. The zero-order valence-electron chi connectivity index (χ0n) is 10.8. The van der Waals surface area contributed by atoms with Crippen molar-refractivity contribution in [2.75, 3.05) is 5.32 Å². The summed E-state index contributed by atoms with van der Waals surface area (Å²) >= 11 is 4.78. The second-order valence-corrected chi connectivity index (χ2v) is 5.72. The zero-order chi connectivity index (χ0) is 14.0. The standard InChI is InChI=1S/C14H17FN2OS/c1-14(6-2-3-7-14)13(18)17-9-4-5-11(15)10(8-9)12(16)19/h4-5,8H,2-3,6-7H2,1H3,(H2,16,19)(H,17,18). The van der Waals surface area contributed by atoms with E-state index >= 15 is 0 Å². The molecule has 1 aliphatic carbocycles. The van der Waals surface area contributed by atoms with Gasteiger partial charge in [0.05, 0.1) is 0 Å². The minimum absolute atomic E-state index is 0.0133. The van der Waals surface area contributed by atoms with Crippen molar-refractivity contribution in [1.29, 1.82) is 0 Å². The molecule has 19 heavy (non-hydrogen) atoms. The Morgan fingerprint density at radius 2 is 2.05 bits per heavy atom. The van der Waals surface area contributed by atoms with Crippen LogP contribution in [-0.2, 0) is 4.79 Å². The number of hydrogen-bond donors (Lipinski definition) is 2. The monoisotopic (exact) mass is 280 g/mol. The van der Waals surface area contributed by atoms with Crippen LogP contribution in [0, 0.1) is 11.2 Å². The normalized spacial score (nSPS) is 17.2. The van der Waals surface area contributed by atoms with Crippen molar-refractivity contribution >= 4 is 28.8 Å². The average molecular weight is 280 g/mol. The van der Waals surface area contributed by atoms with Gasteiger partial charge in [-0.05, 0) is 31.0 Å². The minimum atomic E-state index is -0.474. The van der Waals surface area contributed by atoms with Crippen molar-refractivity contribution in [1.82, 2.24) is 0 Å². The summed E-state index contributed by atoms with van der Waals surface area (Å²) in [5.74, 6) is -0.497. The van der Waals surface area contributed by atoms with Crippen molar-refractivity contribution < 1.29 is 9.18 Å². The molecular weight excluding hydrogens is 263 g/mol. The Hall–Kier alpha value is -1.49. The fourth-order valence-electron chi connectivity index (χ4n) is 2.46. The van der Waals surface area contributed by atoms with Gasteiger partial charge in [-0.25, -0.2) is 4.39 Å². The second-order valence-electron chi connectivity index (χ2n) is 5.28. The molecule has 2 rings (SSSR count). The van der Waals surface area contributed by atoms with Crippen LogP contribution in [0.1, 0.15) is 38.2 Å². The molecule has 3 nitrogen and oxygen atoms in total. The van der Waals surface area contributed by atoms with Gasteiger partial charge in [0.25, 0.3) is 0 Å². The smallest absolute Gasteiger partial charge is 0.230 e. The third-order valence-electron chi connectivity index (χ3n) is 3.74. The van der Waals surface area contributed by atoms with Crippen molar-refractivity contribution in [3.63, 3.8) is 0 Å². The number of carbonyl (C=O) groups excluding carboxylic acids is 1. The molecule has 0 bridgehead atoms. The predicted octanol–water partition coefficient (Wildman–Crippen LogP) is 2.98. The highest BCUT2D eigenvalue weighted by Crippen LogP contribution is 2.38. The fraction of sp³-hybridized carbons (Fsp3) is 0.429. The number of amides is 1. The molecule has 1 aromatic rings. The third kappa shape index (κ3) is 2.92. The molecule has 0 saturated heterocycles. The lowest BCUT2D eigenvalue weighted by molar-refractivity contribution is -0.124. The van der Waals surface area contributed by atoms with E-state index in [9.17, 15) is 9.18 Å². The maximum Gasteiger partial charge on any atom is 0.230 e. The number of thiocarbonyl (C=S) groups is 1. The van der Waals surface area contributed by atoms with Gasteiger partial charge in [0, 0.05) is 16.7 Å². The number of rotatable bonds is 3. The first-order valence-corrected chi connectivity index (χ1v) is 6.74. The second kappa shape index (κ2) is 5.25. The maximum absolute atomic E-state index is 13.5. The molecule has 102 valence electrons. The molecule has 0 spiro atoms. The highest BCUT2D eigenvalue weighted by Gasteiger charge is 2.36. The largest absolute Gasteiger partial charge is 0.389 e. The van der Waals surface area contributed by atoms with E-state index in [-0.39, 0.29) is 21.9 Å². The van der Waals surface area contributed by atoms with Gasteiger partial charge in [0.2, 0.25) is 5.91 Å². The van der Waals surface area contributed by atoms with Crippen molar-refractivity contribution in [2.24, 2.45) is 11.1 Å². The molecular formula is C14H17FN2OS. The van der Waals surface area contributed by atoms with Crippen molar-refractivity contribution in [2.45, 2.75) is 32.6 Å². The minimum Gasteiger partial charge on any atom is -0.389 e. The van der Waals surface area contributed by atoms with Gasteiger partial charge >= 0.3 is 0 Å². The summed E-state index contributed by atoms with van der Waals surface area (Å²) in [7, 11) is 0. The predicted molar refractivity (Wildman–Crippen MR) is 77.5 cm³/mol. The van der Waals surface area contributed by atoms with Gasteiger partial charge < -0.3 is 11.1 Å². The first-order valence-electron chi connectivity index (χ1n) is 6.33. The Labute approximate surface area is 117 Å². The van der Waals surface area contributed by atoms with Crippen LogP contribution in [0.2, 0.25) is 0 Å². The molecule has 0 radical (unpaired) electrons. The molecule has 5 heteroatoms. The Morgan fingerprint density at radius 1 is 1.42 bits per heavy atom. The van der Waals surface area contributed by atoms with Gasteiger partial charge in [-0.1, -0.05) is 32.0 Å². The van der Waals surface area contributed by atoms with Crippen molar-refractivity contribution in [3.8, 4) is 0 Å². The summed E-state index contributed by atoms with van der Waals surface area (Å²) < 4.78 is 13.5. The number of nitrogens with one attached hydrogen (secondary N) is 1. The van der Waals surface area contributed by atoms with Gasteiger partial charge in [-0.15, -0.1) is 0 Å². The van der Waals surface area contributed by atoms with E-state index in [0.717, 1.165) is 25.7 Å². The molecule has 0 aliphatic heterocycles. The number of benzene rings is 1. The zero-order valence-corrected chi connectivity index (χ0v) is 11.6. The molecule has 0 heterocycles. The van der Waals surface area contributed by atoms with Gasteiger partial charge in [-0.2, -0.15) is 0 Å². The quantitative estimate of drug-likeness (QED) is 0.837. The lowest BCUT2D eigenvalue weighted by Gasteiger charge is -2.22. The Balaban J connectivity index is 2.17. The molecule has 0 atom stereocenters. The van der Waals surface area contributed by atoms with Crippen molar-refractivity contribution in [3.05, 3.63) is 29.6 Å². The number of nitrogens with two attached hydrogens (primary N) is 1. The third-order valence-corrected chi connectivity index (χ3v) is 3.96. The molecule has 1 aromatic carbocycles. The number of halogens is 1. The van der Waals surface area contributed by atoms with E-state index in [1.54, 1.807) is 0 Å². The van der Waals surface area contributed by atoms with E-state index in [2.05, 4.69) is 5.32 Å². The Kier molecular flexibility index (Phi) is 3.85. The van der Waals surface area contributed by atoms with Crippen LogP contribution >= 0.6 is 12.2 Å². The lowest BCUT2D eigenvalue weighted by Crippen LogP contribution is -2.30. The van der Waals surface area contributed by atoms with Gasteiger partial charge in [0.15, 0.2) is 0 Å². The highest BCUT2D eigenvalue weighted by molar-refractivity contribution is 7.80. The first-order chi connectivity index (χ1) is 8.92.